The van der Waals surface area contributed by atoms with Gasteiger partial charge in [0.2, 0.25) is 5.91 Å². The summed E-state index contributed by atoms with van der Waals surface area (Å²) in [4.78, 5) is 22.2. The second kappa shape index (κ2) is 6.79. The Morgan fingerprint density at radius 3 is 2.33 bits per heavy atom. The lowest BCUT2D eigenvalue weighted by Gasteiger charge is -2.15. The first kappa shape index (κ1) is 14.2. The highest BCUT2D eigenvalue weighted by Crippen LogP contribution is 2.13. The standard InChI is InChI=1S/C14H19NO3/c1-10(9-14(17)18)8-13(16)15-11(2)12-6-4-3-5-7-12/h3-7,10-11H,8-9H2,1-2H3,(H,15,16)(H,17,18)/t10?,11-/m1/s1. The predicted molar refractivity (Wildman–Crippen MR) is 69.0 cm³/mol. The predicted octanol–water partition coefficient (Wildman–Crippen LogP) is 2.36. The van der Waals surface area contributed by atoms with Gasteiger partial charge in [0.15, 0.2) is 0 Å². The topological polar surface area (TPSA) is 66.4 Å². The third-order valence-corrected chi connectivity index (χ3v) is 2.73. The van der Waals surface area contributed by atoms with Gasteiger partial charge in [0.05, 0.1) is 6.04 Å². The Hall–Kier alpha value is -1.84. The SMILES string of the molecule is CC(CC(=O)O)CC(=O)N[C@H](C)c1ccccc1. The molecule has 4 nitrogen and oxygen atoms in total. The van der Waals surface area contributed by atoms with Gasteiger partial charge in [0.25, 0.3) is 0 Å². The molecule has 0 spiro atoms. The summed E-state index contributed by atoms with van der Waals surface area (Å²) in [6.45, 7) is 3.68. The second-order valence-electron chi connectivity index (χ2n) is 4.61. The van der Waals surface area contributed by atoms with Crippen LogP contribution < -0.4 is 5.32 Å². The van der Waals surface area contributed by atoms with Crippen LogP contribution >= 0.6 is 0 Å². The Kier molecular flexibility index (Phi) is 5.36. The van der Waals surface area contributed by atoms with Crippen molar-refractivity contribution in [3.8, 4) is 0 Å². The smallest absolute Gasteiger partial charge is 0.303 e. The van der Waals surface area contributed by atoms with Crippen molar-refractivity contribution in [3.63, 3.8) is 0 Å². The van der Waals surface area contributed by atoms with Crippen LogP contribution in [0.5, 0.6) is 0 Å². The Morgan fingerprint density at radius 1 is 1.17 bits per heavy atom. The third-order valence-electron chi connectivity index (χ3n) is 2.73. The number of carbonyl (C=O) groups is 2. The molecule has 1 aromatic rings. The van der Waals surface area contributed by atoms with Crippen LogP contribution in [0.2, 0.25) is 0 Å². The van der Waals surface area contributed by atoms with Gasteiger partial charge in [-0.1, -0.05) is 37.3 Å². The largest absolute Gasteiger partial charge is 0.481 e. The molecule has 18 heavy (non-hydrogen) atoms. The summed E-state index contributed by atoms with van der Waals surface area (Å²) in [5.41, 5.74) is 1.04. The van der Waals surface area contributed by atoms with Crippen molar-refractivity contribution in [1.82, 2.24) is 5.32 Å². The van der Waals surface area contributed by atoms with Crippen molar-refractivity contribution in [1.29, 1.82) is 0 Å². The molecule has 0 saturated carbocycles. The zero-order valence-electron chi connectivity index (χ0n) is 10.7. The van der Waals surface area contributed by atoms with Crippen molar-refractivity contribution in [3.05, 3.63) is 35.9 Å². The molecule has 0 aliphatic carbocycles. The van der Waals surface area contributed by atoms with Crippen LogP contribution in [0.15, 0.2) is 30.3 Å². The molecule has 98 valence electrons. The van der Waals surface area contributed by atoms with E-state index >= 15 is 0 Å². The first-order chi connectivity index (χ1) is 8.49. The lowest BCUT2D eigenvalue weighted by Crippen LogP contribution is -2.28. The molecule has 0 aliphatic heterocycles. The number of carboxylic acids is 1. The van der Waals surface area contributed by atoms with E-state index in [1.54, 1.807) is 6.92 Å². The van der Waals surface area contributed by atoms with Crippen LogP contribution in [-0.4, -0.2) is 17.0 Å². The van der Waals surface area contributed by atoms with E-state index in [2.05, 4.69) is 5.32 Å². The molecule has 1 aromatic carbocycles. The number of rotatable bonds is 6. The molecule has 0 bridgehead atoms. The van der Waals surface area contributed by atoms with Crippen molar-refractivity contribution < 1.29 is 14.7 Å². The summed E-state index contributed by atoms with van der Waals surface area (Å²) in [6.07, 6.45) is 0.261. The van der Waals surface area contributed by atoms with Gasteiger partial charge in [-0.05, 0) is 18.4 Å². The maximum atomic E-state index is 11.7. The van der Waals surface area contributed by atoms with Gasteiger partial charge < -0.3 is 10.4 Å². The number of hydrogen-bond acceptors (Lipinski definition) is 2. The Morgan fingerprint density at radius 2 is 1.78 bits per heavy atom. The van der Waals surface area contributed by atoms with Crippen molar-refractivity contribution in [2.24, 2.45) is 5.92 Å². The number of carbonyl (C=O) groups excluding carboxylic acids is 1. The lowest BCUT2D eigenvalue weighted by atomic mass is 10.0. The third kappa shape index (κ3) is 4.99. The fourth-order valence-electron chi connectivity index (χ4n) is 1.81. The van der Waals surface area contributed by atoms with Gasteiger partial charge >= 0.3 is 5.97 Å². The molecule has 0 fully saturated rings. The summed E-state index contributed by atoms with van der Waals surface area (Å²) in [6, 6.07) is 9.61. The number of aliphatic carboxylic acids is 1. The summed E-state index contributed by atoms with van der Waals surface area (Å²) in [7, 11) is 0. The van der Waals surface area contributed by atoms with E-state index in [1.807, 2.05) is 37.3 Å². The normalized spacial score (nSPS) is 13.7. The van der Waals surface area contributed by atoms with Gasteiger partial charge in [0.1, 0.15) is 0 Å². The number of benzene rings is 1. The Balaban J connectivity index is 2.43. The van der Waals surface area contributed by atoms with Gasteiger partial charge in [-0.2, -0.15) is 0 Å². The molecule has 0 radical (unpaired) electrons. The molecule has 1 unspecified atom stereocenters. The minimum atomic E-state index is -0.869. The van der Waals surface area contributed by atoms with Crippen LogP contribution in [0, 0.1) is 5.92 Å². The molecule has 2 atom stereocenters. The second-order valence-corrected chi connectivity index (χ2v) is 4.61. The quantitative estimate of drug-likeness (QED) is 0.813. The Bertz CT molecular complexity index is 403. The van der Waals surface area contributed by atoms with E-state index in [9.17, 15) is 9.59 Å². The molecule has 0 aromatic heterocycles. The molecule has 0 heterocycles. The summed E-state index contributed by atoms with van der Waals surface area (Å²) in [5.74, 6) is -1.13. The first-order valence-corrected chi connectivity index (χ1v) is 6.05. The Labute approximate surface area is 107 Å². The molecule has 0 aliphatic rings. The van der Waals surface area contributed by atoms with Crippen molar-refractivity contribution in [2.75, 3.05) is 0 Å². The van der Waals surface area contributed by atoms with E-state index in [4.69, 9.17) is 5.11 Å². The maximum absolute atomic E-state index is 11.7. The van der Waals surface area contributed by atoms with Crippen molar-refractivity contribution in [2.45, 2.75) is 32.7 Å². The minimum absolute atomic E-state index is 0.0210. The monoisotopic (exact) mass is 249 g/mol. The van der Waals surface area contributed by atoms with Crippen LogP contribution in [0.4, 0.5) is 0 Å². The van der Waals surface area contributed by atoms with E-state index in [1.165, 1.54) is 0 Å². The molecular formula is C14H19NO3. The van der Waals surface area contributed by atoms with Crippen LogP contribution in [0.25, 0.3) is 0 Å². The van der Waals surface area contributed by atoms with E-state index in [0.717, 1.165) is 5.56 Å². The fourth-order valence-corrected chi connectivity index (χ4v) is 1.81. The minimum Gasteiger partial charge on any atom is -0.481 e. The maximum Gasteiger partial charge on any atom is 0.303 e. The number of amides is 1. The van der Waals surface area contributed by atoms with Crippen molar-refractivity contribution >= 4 is 11.9 Å². The zero-order valence-corrected chi connectivity index (χ0v) is 10.7. The molecule has 2 N–H and O–H groups in total. The number of hydrogen-bond donors (Lipinski definition) is 2. The lowest BCUT2D eigenvalue weighted by molar-refractivity contribution is -0.138. The summed E-state index contributed by atoms with van der Waals surface area (Å²) in [5, 5.41) is 11.5. The van der Waals surface area contributed by atoms with E-state index in [0.29, 0.717) is 0 Å². The van der Waals surface area contributed by atoms with Gasteiger partial charge in [0, 0.05) is 12.8 Å². The van der Waals surface area contributed by atoms with Gasteiger partial charge in [-0.3, -0.25) is 9.59 Å². The molecule has 1 amide bonds. The highest BCUT2D eigenvalue weighted by Gasteiger charge is 2.14. The summed E-state index contributed by atoms with van der Waals surface area (Å²) >= 11 is 0. The zero-order chi connectivity index (χ0) is 13.5. The van der Waals surface area contributed by atoms with E-state index < -0.39 is 5.97 Å². The average molecular weight is 249 g/mol. The fraction of sp³-hybridized carbons (Fsp3) is 0.429. The first-order valence-electron chi connectivity index (χ1n) is 6.05. The molecule has 4 heteroatoms. The average Bonchev–Trinajstić information content (AvgIpc) is 2.28. The number of nitrogens with one attached hydrogen (secondary N) is 1. The van der Waals surface area contributed by atoms with Gasteiger partial charge in [-0.15, -0.1) is 0 Å². The van der Waals surface area contributed by atoms with Crippen LogP contribution in [0.1, 0.15) is 38.3 Å². The summed E-state index contributed by atoms with van der Waals surface area (Å²) < 4.78 is 0. The molecular weight excluding hydrogens is 230 g/mol. The van der Waals surface area contributed by atoms with Gasteiger partial charge in [-0.25, -0.2) is 0 Å². The van der Waals surface area contributed by atoms with Crippen LogP contribution in [0.3, 0.4) is 0 Å². The number of carboxylic acid groups (broad SMARTS) is 1. The molecule has 1 rings (SSSR count). The highest BCUT2D eigenvalue weighted by molar-refractivity contribution is 5.77. The highest BCUT2D eigenvalue weighted by atomic mass is 16.4. The molecule has 0 saturated heterocycles. The van der Waals surface area contributed by atoms with E-state index in [-0.39, 0.29) is 30.7 Å². The van der Waals surface area contributed by atoms with Crippen LogP contribution in [-0.2, 0) is 9.59 Å².